The van der Waals surface area contributed by atoms with Gasteiger partial charge >= 0.3 is 0 Å². The second kappa shape index (κ2) is 7.07. The number of nitrogens with two attached hydrogens (primary N) is 1. The van der Waals surface area contributed by atoms with Crippen molar-refractivity contribution in [3.63, 3.8) is 0 Å². The molecule has 4 nitrogen and oxygen atoms in total. The molecule has 1 aromatic carbocycles. The van der Waals surface area contributed by atoms with Gasteiger partial charge in [-0.15, -0.1) is 0 Å². The van der Waals surface area contributed by atoms with Gasteiger partial charge in [0.1, 0.15) is 5.75 Å². The average Bonchev–Trinajstić information content (AvgIpc) is 2.53. The van der Waals surface area contributed by atoms with E-state index in [1.165, 1.54) is 5.56 Å². The highest BCUT2D eigenvalue weighted by Gasteiger charge is 2.21. The molecule has 1 aliphatic heterocycles. The van der Waals surface area contributed by atoms with Crippen LogP contribution in [0, 0.1) is 0 Å². The summed E-state index contributed by atoms with van der Waals surface area (Å²) in [5.74, 6) is 3.83. The second-order valence-electron chi connectivity index (χ2n) is 5.89. The van der Waals surface area contributed by atoms with Crippen molar-refractivity contribution in [3.8, 4) is 5.75 Å². The van der Waals surface area contributed by atoms with E-state index in [1.807, 2.05) is 23.9 Å². The van der Waals surface area contributed by atoms with E-state index >= 15 is 0 Å². The molecular formula is C16H25N3OS. The summed E-state index contributed by atoms with van der Waals surface area (Å²) in [6.45, 7) is 7.08. The molecule has 1 saturated heterocycles. The van der Waals surface area contributed by atoms with E-state index in [-0.39, 0.29) is 5.41 Å². The summed E-state index contributed by atoms with van der Waals surface area (Å²) in [5.41, 5.74) is 7.33. The zero-order chi connectivity index (χ0) is 15.3. The molecule has 0 radical (unpaired) electrons. The van der Waals surface area contributed by atoms with Gasteiger partial charge in [-0.05, 0) is 17.7 Å². The Bertz CT molecular complexity index is 479. The minimum Gasteiger partial charge on any atom is -0.497 e. The van der Waals surface area contributed by atoms with Crippen molar-refractivity contribution >= 4 is 17.7 Å². The first-order valence-electron chi connectivity index (χ1n) is 7.30. The summed E-state index contributed by atoms with van der Waals surface area (Å²) < 4.78 is 5.20. The molecule has 116 valence electrons. The van der Waals surface area contributed by atoms with Crippen LogP contribution >= 0.6 is 11.8 Å². The molecule has 0 saturated carbocycles. The van der Waals surface area contributed by atoms with Gasteiger partial charge in [0.2, 0.25) is 0 Å². The Morgan fingerprint density at radius 3 is 2.48 bits per heavy atom. The number of hydrogen-bond acceptors (Lipinski definition) is 3. The summed E-state index contributed by atoms with van der Waals surface area (Å²) in [5, 5.41) is 0. The summed E-state index contributed by atoms with van der Waals surface area (Å²) in [6.07, 6.45) is 0. The van der Waals surface area contributed by atoms with Gasteiger partial charge in [-0.2, -0.15) is 11.8 Å². The van der Waals surface area contributed by atoms with E-state index in [0.29, 0.717) is 12.5 Å². The molecule has 2 N–H and O–H groups in total. The van der Waals surface area contributed by atoms with E-state index in [1.54, 1.807) is 7.11 Å². The van der Waals surface area contributed by atoms with Crippen molar-refractivity contribution in [3.05, 3.63) is 29.8 Å². The Balaban J connectivity index is 2.01. The Morgan fingerprint density at radius 2 is 1.90 bits per heavy atom. The van der Waals surface area contributed by atoms with Crippen LogP contribution in [-0.4, -0.2) is 49.1 Å². The quantitative estimate of drug-likeness (QED) is 0.685. The molecule has 0 amide bonds. The number of thioether (sulfide) groups is 1. The molecule has 2 rings (SSSR count). The highest BCUT2D eigenvalue weighted by Crippen LogP contribution is 2.25. The van der Waals surface area contributed by atoms with Gasteiger partial charge in [0.15, 0.2) is 5.96 Å². The van der Waals surface area contributed by atoms with Crippen molar-refractivity contribution < 1.29 is 4.74 Å². The molecule has 0 atom stereocenters. The van der Waals surface area contributed by atoms with E-state index in [2.05, 4.69) is 35.9 Å². The predicted molar refractivity (Wildman–Crippen MR) is 91.4 cm³/mol. The number of methoxy groups -OCH3 is 1. The number of benzene rings is 1. The van der Waals surface area contributed by atoms with E-state index in [4.69, 9.17) is 10.5 Å². The number of nitrogens with zero attached hydrogens (tertiary/aromatic N) is 2. The molecule has 0 spiro atoms. The minimum atomic E-state index is -0.0402. The van der Waals surface area contributed by atoms with Gasteiger partial charge in [0.05, 0.1) is 13.7 Å². The predicted octanol–water partition coefficient (Wildman–Crippen LogP) is 2.34. The summed E-state index contributed by atoms with van der Waals surface area (Å²) in [7, 11) is 1.68. The van der Waals surface area contributed by atoms with Crippen molar-refractivity contribution in [2.24, 2.45) is 10.7 Å². The van der Waals surface area contributed by atoms with Crippen molar-refractivity contribution in [2.45, 2.75) is 19.3 Å². The lowest BCUT2D eigenvalue weighted by atomic mass is 9.85. The van der Waals surface area contributed by atoms with Gasteiger partial charge in [-0.25, -0.2) is 0 Å². The van der Waals surface area contributed by atoms with E-state index < -0.39 is 0 Å². The molecule has 0 unspecified atom stereocenters. The smallest absolute Gasteiger partial charge is 0.191 e. The van der Waals surface area contributed by atoms with E-state index in [9.17, 15) is 0 Å². The summed E-state index contributed by atoms with van der Waals surface area (Å²) in [6, 6.07) is 8.18. The highest BCUT2D eigenvalue weighted by atomic mass is 32.2. The minimum absolute atomic E-state index is 0.0402. The lowest BCUT2D eigenvalue weighted by Gasteiger charge is -2.29. The number of aliphatic imine (C=N–C) groups is 1. The average molecular weight is 307 g/mol. The summed E-state index contributed by atoms with van der Waals surface area (Å²) >= 11 is 1.98. The Hall–Kier alpha value is -1.36. The van der Waals surface area contributed by atoms with Gasteiger partial charge < -0.3 is 15.4 Å². The van der Waals surface area contributed by atoms with Crippen LogP contribution in [0.15, 0.2) is 29.3 Å². The lowest BCUT2D eigenvalue weighted by Crippen LogP contribution is -2.43. The molecule has 1 heterocycles. The monoisotopic (exact) mass is 307 g/mol. The van der Waals surface area contributed by atoms with Crippen LogP contribution in [0.1, 0.15) is 19.4 Å². The normalized spacial score (nSPS) is 16.9. The zero-order valence-electron chi connectivity index (χ0n) is 13.1. The van der Waals surface area contributed by atoms with Crippen LogP contribution < -0.4 is 10.5 Å². The highest BCUT2D eigenvalue weighted by molar-refractivity contribution is 7.99. The summed E-state index contributed by atoms with van der Waals surface area (Å²) in [4.78, 5) is 6.80. The fourth-order valence-electron chi connectivity index (χ4n) is 2.30. The van der Waals surface area contributed by atoms with Crippen LogP contribution in [-0.2, 0) is 5.41 Å². The third-order valence-electron chi connectivity index (χ3n) is 3.84. The number of hydrogen-bond donors (Lipinski definition) is 1. The van der Waals surface area contributed by atoms with Gasteiger partial charge in [0.25, 0.3) is 0 Å². The third-order valence-corrected chi connectivity index (χ3v) is 4.79. The topological polar surface area (TPSA) is 50.9 Å². The molecule has 0 aliphatic carbocycles. The van der Waals surface area contributed by atoms with Gasteiger partial charge in [-0.1, -0.05) is 26.0 Å². The maximum Gasteiger partial charge on any atom is 0.191 e. The van der Waals surface area contributed by atoms with E-state index in [0.717, 1.165) is 30.3 Å². The standard InChI is InChI=1S/C16H25N3OS/c1-16(2,13-4-6-14(20-3)7-5-13)12-18-15(17)19-8-10-21-11-9-19/h4-7H,8-12H2,1-3H3,(H2,17,18). The number of ether oxygens (including phenoxy) is 1. The molecule has 0 aromatic heterocycles. The van der Waals surface area contributed by atoms with Crippen molar-refractivity contribution in [1.29, 1.82) is 0 Å². The molecule has 1 aromatic rings. The largest absolute Gasteiger partial charge is 0.497 e. The van der Waals surface area contributed by atoms with Crippen molar-refractivity contribution in [2.75, 3.05) is 38.2 Å². The molecule has 5 heteroatoms. The zero-order valence-corrected chi connectivity index (χ0v) is 13.9. The first-order valence-corrected chi connectivity index (χ1v) is 8.45. The van der Waals surface area contributed by atoms with Crippen LogP contribution in [0.25, 0.3) is 0 Å². The fraction of sp³-hybridized carbons (Fsp3) is 0.562. The van der Waals surface area contributed by atoms with Crippen LogP contribution in [0.4, 0.5) is 0 Å². The van der Waals surface area contributed by atoms with Crippen LogP contribution in [0.3, 0.4) is 0 Å². The Kier molecular flexibility index (Phi) is 5.39. The Labute approximate surface area is 131 Å². The maximum atomic E-state index is 6.13. The molecular weight excluding hydrogens is 282 g/mol. The van der Waals surface area contributed by atoms with Gasteiger partial charge in [0, 0.05) is 30.0 Å². The molecule has 1 fully saturated rings. The molecule has 21 heavy (non-hydrogen) atoms. The first-order chi connectivity index (χ1) is 10.0. The fourth-order valence-corrected chi connectivity index (χ4v) is 3.21. The lowest BCUT2D eigenvalue weighted by molar-refractivity contribution is 0.414. The molecule has 1 aliphatic rings. The van der Waals surface area contributed by atoms with Gasteiger partial charge in [-0.3, -0.25) is 4.99 Å². The first kappa shape index (κ1) is 16.0. The number of guanidine groups is 1. The SMILES string of the molecule is COc1ccc(C(C)(C)CN=C(N)N2CCSCC2)cc1. The Morgan fingerprint density at radius 1 is 1.29 bits per heavy atom. The number of rotatable bonds is 4. The molecule has 0 bridgehead atoms. The maximum absolute atomic E-state index is 6.13. The van der Waals surface area contributed by atoms with Crippen LogP contribution in [0.2, 0.25) is 0 Å². The third kappa shape index (κ3) is 4.30. The van der Waals surface area contributed by atoms with Crippen LogP contribution in [0.5, 0.6) is 5.75 Å². The van der Waals surface area contributed by atoms with Crippen molar-refractivity contribution in [1.82, 2.24) is 4.90 Å². The second-order valence-corrected chi connectivity index (χ2v) is 7.11.